The van der Waals surface area contributed by atoms with Gasteiger partial charge in [0.2, 0.25) is 0 Å². The standard InChI is InChI=1S/C22H26N6O2/c29-21(24-17-4-1-2-5-17)20-14-27(26-25-20)13-18-6-3-11-28(18)22(30)16-8-7-15-9-10-23-19(15)12-16/h7-10,12,14,17-18,23H,1-6,11,13H2,(H,24,29). The van der Waals surface area contributed by atoms with Crippen LogP contribution in [-0.4, -0.2) is 55.3 Å². The van der Waals surface area contributed by atoms with Crippen molar-refractivity contribution in [2.45, 2.75) is 57.2 Å². The summed E-state index contributed by atoms with van der Waals surface area (Å²) in [4.78, 5) is 30.6. The van der Waals surface area contributed by atoms with E-state index in [4.69, 9.17) is 0 Å². The van der Waals surface area contributed by atoms with Crippen LogP contribution in [0.25, 0.3) is 10.9 Å². The van der Waals surface area contributed by atoms with Crippen LogP contribution in [0.4, 0.5) is 0 Å². The number of hydrogen-bond donors (Lipinski definition) is 2. The molecule has 1 saturated heterocycles. The summed E-state index contributed by atoms with van der Waals surface area (Å²) in [5, 5.41) is 12.3. The minimum absolute atomic E-state index is 0.0355. The smallest absolute Gasteiger partial charge is 0.273 e. The molecule has 1 unspecified atom stereocenters. The Labute approximate surface area is 174 Å². The van der Waals surface area contributed by atoms with E-state index in [1.807, 2.05) is 35.4 Å². The Morgan fingerprint density at radius 1 is 1.13 bits per heavy atom. The molecule has 8 nitrogen and oxygen atoms in total. The molecule has 2 aromatic heterocycles. The highest BCUT2D eigenvalue weighted by atomic mass is 16.2. The summed E-state index contributed by atoms with van der Waals surface area (Å²) in [5.74, 6) is -0.125. The van der Waals surface area contributed by atoms with Gasteiger partial charge >= 0.3 is 0 Å². The predicted molar refractivity (Wildman–Crippen MR) is 112 cm³/mol. The highest BCUT2D eigenvalue weighted by Gasteiger charge is 2.30. The van der Waals surface area contributed by atoms with Crippen LogP contribution in [0.3, 0.4) is 0 Å². The molecule has 156 valence electrons. The summed E-state index contributed by atoms with van der Waals surface area (Å²) < 4.78 is 1.69. The van der Waals surface area contributed by atoms with E-state index in [9.17, 15) is 9.59 Å². The highest BCUT2D eigenvalue weighted by molar-refractivity contribution is 5.98. The molecule has 1 atom stereocenters. The van der Waals surface area contributed by atoms with Crippen LogP contribution < -0.4 is 5.32 Å². The number of amides is 2. The van der Waals surface area contributed by atoms with E-state index in [0.717, 1.165) is 43.1 Å². The Hall–Kier alpha value is -3.16. The first-order valence-corrected chi connectivity index (χ1v) is 10.8. The van der Waals surface area contributed by atoms with Gasteiger partial charge in [-0.15, -0.1) is 5.10 Å². The number of nitrogens with zero attached hydrogens (tertiary/aromatic N) is 4. The zero-order chi connectivity index (χ0) is 20.5. The van der Waals surface area contributed by atoms with Gasteiger partial charge in [-0.05, 0) is 49.3 Å². The Kier molecular flexibility index (Phi) is 4.98. The van der Waals surface area contributed by atoms with Crippen molar-refractivity contribution in [3.63, 3.8) is 0 Å². The van der Waals surface area contributed by atoms with Gasteiger partial charge in [0.1, 0.15) is 0 Å². The number of aromatic nitrogens is 4. The second kappa shape index (κ2) is 7.93. The predicted octanol–water partition coefficient (Wildman–Crippen LogP) is 2.74. The molecule has 0 spiro atoms. The fourth-order valence-corrected chi connectivity index (χ4v) is 4.68. The van der Waals surface area contributed by atoms with Crippen LogP contribution in [0.2, 0.25) is 0 Å². The molecule has 2 aliphatic rings. The molecule has 3 aromatic rings. The van der Waals surface area contributed by atoms with Crippen LogP contribution in [0.15, 0.2) is 36.7 Å². The molecule has 5 rings (SSSR count). The first kappa shape index (κ1) is 18.8. The summed E-state index contributed by atoms with van der Waals surface area (Å²) in [6.45, 7) is 1.27. The lowest BCUT2D eigenvalue weighted by Crippen LogP contribution is -2.38. The van der Waals surface area contributed by atoms with Crippen LogP contribution >= 0.6 is 0 Å². The fraction of sp³-hybridized carbons (Fsp3) is 0.455. The second-order valence-electron chi connectivity index (χ2n) is 8.35. The van der Waals surface area contributed by atoms with Gasteiger partial charge in [0.25, 0.3) is 11.8 Å². The third-order valence-corrected chi connectivity index (χ3v) is 6.30. The first-order chi connectivity index (χ1) is 14.7. The van der Waals surface area contributed by atoms with E-state index in [1.165, 1.54) is 12.8 Å². The number of carbonyl (C=O) groups is 2. The first-order valence-electron chi connectivity index (χ1n) is 10.8. The molecular formula is C22H26N6O2. The van der Waals surface area contributed by atoms with Crippen molar-refractivity contribution < 1.29 is 9.59 Å². The number of fused-ring (bicyclic) bond motifs is 1. The summed E-state index contributed by atoms with van der Waals surface area (Å²) in [6.07, 6.45) is 9.85. The van der Waals surface area contributed by atoms with E-state index in [1.54, 1.807) is 10.9 Å². The molecule has 3 heterocycles. The maximum Gasteiger partial charge on any atom is 0.273 e. The molecule has 2 amide bonds. The monoisotopic (exact) mass is 406 g/mol. The number of nitrogens with one attached hydrogen (secondary N) is 2. The topological polar surface area (TPSA) is 95.9 Å². The molecule has 1 saturated carbocycles. The number of aromatic amines is 1. The molecular weight excluding hydrogens is 380 g/mol. The van der Waals surface area contributed by atoms with Crippen molar-refractivity contribution in [2.24, 2.45) is 0 Å². The minimum Gasteiger partial charge on any atom is -0.361 e. The molecule has 0 bridgehead atoms. The maximum absolute atomic E-state index is 13.1. The molecule has 1 aliphatic carbocycles. The fourth-order valence-electron chi connectivity index (χ4n) is 4.68. The molecule has 2 N–H and O–H groups in total. The second-order valence-corrected chi connectivity index (χ2v) is 8.35. The number of likely N-dealkylation sites (tertiary alicyclic amines) is 1. The lowest BCUT2D eigenvalue weighted by Gasteiger charge is -2.24. The largest absolute Gasteiger partial charge is 0.361 e. The number of rotatable bonds is 5. The van der Waals surface area contributed by atoms with Gasteiger partial charge in [-0.2, -0.15) is 0 Å². The van der Waals surface area contributed by atoms with Crippen molar-refractivity contribution in [3.05, 3.63) is 47.9 Å². The van der Waals surface area contributed by atoms with Gasteiger partial charge in [0, 0.05) is 29.9 Å². The number of H-pyrrole nitrogens is 1. The SMILES string of the molecule is O=C(NC1CCCC1)c1cn(CC2CCCN2C(=O)c2ccc3cc[nH]c3c2)nn1. The van der Waals surface area contributed by atoms with Crippen molar-refractivity contribution in [3.8, 4) is 0 Å². The molecule has 0 radical (unpaired) electrons. The van der Waals surface area contributed by atoms with Gasteiger partial charge in [0.05, 0.1) is 18.8 Å². The molecule has 1 aromatic carbocycles. The summed E-state index contributed by atoms with van der Waals surface area (Å²) >= 11 is 0. The van der Waals surface area contributed by atoms with Crippen LogP contribution in [0.5, 0.6) is 0 Å². The average Bonchev–Trinajstić information content (AvgIpc) is 3.54. The van der Waals surface area contributed by atoms with E-state index in [-0.39, 0.29) is 23.9 Å². The summed E-state index contributed by atoms with van der Waals surface area (Å²) in [5.41, 5.74) is 1.99. The number of hydrogen-bond acceptors (Lipinski definition) is 4. The quantitative estimate of drug-likeness (QED) is 0.681. The highest BCUT2D eigenvalue weighted by Crippen LogP contribution is 2.23. The molecule has 30 heavy (non-hydrogen) atoms. The summed E-state index contributed by atoms with van der Waals surface area (Å²) in [7, 11) is 0. The van der Waals surface area contributed by atoms with Crippen LogP contribution in [0.1, 0.15) is 59.4 Å². The van der Waals surface area contributed by atoms with Gasteiger partial charge in [0.15, 0.2) is 5.69 Å². The van der Waals surface area contributed by atoms with Gasteiger partial charge in [-0.1, -0.05) is 24.1 Å². The molecule has 1 aliphatic heterocycles. The minimum atomic E-state index is -0.160. The summed E-state index contributed by atoms with van der Waals surface area (Å²) in [6, 6.07) is 8.05. The molecule has 8 heteroatoms. The lowest BCUT2D eigenvalue weighted by molar-refractivity contribution is 0.0721. The average molecular weight is 406 g/mol. The van der Waals surface area contributed by atoms with Gasteiger partial charge in [-0.3, -0.25) is 9.59 Å². The molecule has 2 fully saturated rings. The Bertz CT molecular complexity index is 1060. The number of carbonyl (C=O) groups excluding carboxylic acids is 2. The van der Waals surface area contributed by atoms with Crippen LogP contribution in [-0.2, 0) is 6.54 Å². The van der Waals surface area contributed by atoms with Gasteiger partial charge < -0.3 is 15.2 Å². The Morgan fingerprint density at radius 2 is 2.00 bits per heavy atom. The maximum atomic E-state index is 13.1. The van der Waals surface area contributed by atoms with E-state index in [2.05, 4.69) is 20.6 Å². The third-order valence-electron chi connectivity index (χ3n) is 6.30. The Balaban J connectivity index is 1.25. The third kappa shape index (κ3) is 3.69. The van der Waals surface area contributed by atoms with Crippen LogP contribution in [0, 0.1) is 0 Å². The van der Waals surface area contributed by atoms with Crippen molar-refractivity contribution in [1.29, 1.82) is 0 Å². The van der Waals surface area contributed by atoms with E-state index < -0.39 is 0 Å². The van der Waals surface area contributed by atoms with Crippen molar-refractivity contribution >= 4 is 22.7 Å². The van der Waals surface area contributed by atoms with E-state index >= 15 is 0 Å². The van der Waals surface area contributed by atoms with Crippen molar-refractivity contribution in [2.75, 3.05) is 6.54 Å². The number of benzene rings is 1. The van der Waals surface area contributed by atoms with E-state index in [0.29, 0.717) is 17.8 Å². The zero-order valence-electron chi connectivity index (χ0n) is 16.9. The Morgan fingerprint density at radius 3 is 2.87 bits per heavy atom. The normalized spacial score (nSPS) is 19.6. The lowest BCUT2D eigenvalue weighted by atomic mass is 10.1. The van der Waals surface area contributed by atoms with Crippen molar-refractivity contribution in [1.82, 2.24) is 30.2 Å². The van der Waals surface area contributed by atoms with Gasteiger partial charge in [-0.25, -0.2) is 4.68 Å². The zero-order valence-corrected chi connectivity index (χ0v) is 16.9.